The fraction of sp³-hybridized carbons (Fsp3) is 0.474. The Hall–Kier alpha value is -2.14. The first-order valence-electron chi connectivity index (χ1n) is 8.65. The number of urea groups is 1. The topological polar surface area (TPSA) is 65.5 Å². The second-order valence-electron chi connectivity index (χ2n) is 6.64. The molecule has 2 N–H and O–H groups in total. The SMILES string of the molecule is CN(C[C@H]1CCCC[C@H]1O)C(=O)NCc1ccnc2ccccc12. The molecule has 1 aromatic heterocycles. The van der Waals surface area contributed by atoms with Crippen molar-refractivity contribution in [1.82, 2.24) is 15.2 Å². The molecular weight excluding hydrogens is 302 g/mol. The van der Waals surface area contributed by atoms with Crippen molar-refractivity contribution < 1.29 is 9.90 Å². The summed E-state index contributed by atoms with van der Waals surface area (Å²) < 4.78 is 0. The summed E-state index contributed by atoms with van der Waals surface area (Å²) in [6.07, 6.45) is 5.56. The molecule has 0 aliphatic heterocycles. The normalized spacial score (nSPS) is 20.8. The molecule has 2 amide bonds. The molecule has 0 radical (unpaired) electrons. The van der Waals surface area contributed by atoms with Gasteiger partial charge in [0, 0.05) is 37.6 Å². The van der Waals surface area contributed by atoms with Gasteiger partial charge < -0.3 is 15.3 Å². The highest BCUT2D eigenvalue weighted by Crippen LogP contribution is 2.25. The number of aliphatic hydroxyl groups excluding tert-OH is 1. The number of aromatic nitrogens is 1. The largest absolute Gasteiger partial charge is 0.393 e. The predicted molar refractivity (Wildman–Crippen MR) is 94.6 cm³/mol. The highest BCUT2D eigenvalue weighted by atomic mass is 16.3. The van der Waals surface area contributed by atoms with E-state index in [0.29, 0.717) is 13.1 Å². The van der Waals surface area contributed by atoms with Crippen LogP contribution in [0.1, 0.15) is 31.2 Å². The third-order valence-electron chi connectivity index (χ3n) is 4.89. The van der Waals surface area contributed by atoms with E-state index in [1.54, 1.807) is 18.1 Å². The van der Waals surface area contributed by atoms with Crippen LogP contribution in [0.15, 0.2) is 36.5 Å². The van der Waals surface area contributed by atoms with Crippen LogP contribution in [0.4, 0.5) is 4.79 Å². The number of pyridine rings is 1. The average molecular weight is 327 g/mol. The maximum absolute atomic E-state index is 12.4. The number of fused-ring (bicyclic) bond motifs is 1. The molecule has 2 atom stereocenters. The average Bonchev–Trinajstić information content (AvgIpc) is 2.61. The molecule has 3 rings (SSSR count). The Bertz CT molecular complexity index is 699. The highest BCUT2D eigenvalue weighted by Gasteiger charge is 2.25. The summed E-state index contributed by atoms with van der Waals surface area (Å²) >= 11 is 0. The molecule has 5 nitrogen and oxygen atoms in total. The zero-order valence-corrected chi connectivity index (χ0v) is 14.1. The van der Waals surface area contributed by atoms with Crippen LogP contribution in [0.5, 0.6) is 0 Å². The number of benzene rings is 1. The van der Waals surface area contributed by atoms with Gasteiger partial charge in [-0.3, -0.25) is 4.98 Å². The molecule has 128 valence electrons. The summed E-state index contributed by atoms with van der Waals surface area (Å²) in [5, 5.41) is 14.1. The van der Waals surface area contributed by atoms with Crippen molar-refractivity contribution in [1.29, 1.82) is 0 Å². The van der Waals surface area contributed by atoms with E-state index in [-0.39, 0.29) is 18.1 Å². The maximum Gasteiger partial charge on any atom is 0.317 e. The molecule has 1 heterocycles. The first-order valence-corrected chi connectivity index (χ1v) is 8.65. The summed E-state index contributed by atoms with van der Waals surface area (Å²) in [6, 6.07) is 9.76. The van der Waals surface area contributed by atoms with Crippen molar-refractivity contribution in [2.45, 2.75) is 38.3 Å². The molecule has 5 heteroatoms. The molecule has 1 fully saturated rings. The van der Waals surface area contributed by atoms with Gasteiger partial charge in [0.2, 0.25) is 0 Å². The second kappa shape index (κ2) is 7.62. The lowest BCUT2D eigenvalue weighted by Gasteiger charge is -2.31. The van der Waals surface area contributed by atoms with E-state index in [1.807, 2.05) is 30.3 Å². The molecule has 24 heavy (non-hydrogen) atoms. The quantitative estimate of drug-likeness (QED) is 0.907. The Morgan fingerprint density at radius 1 is 1.29 bits per heavy atom. The van der Waals surface area contributed by atoms with E-state index in [0.717, 1.165) is 42.1 Å². The highest BCUT2D eigenvalue weighted by molar-refractivity contribution is 5.82. The molecule has 0 saturated heterocycles. The summed E-state index contributed by atoms with van der Waals surface area (Å²) in [6.45, 7) is 1.07. The van der Waals surface area contributed by atoms with E-state index >= 15 is 0 Å². The van der Waals surface area contributed by atoms with Crippen LogP contribution in [0, 0.1) is 5.92 Å². The first-order chi connectivity index (χ1) is 11.6. The number of nitrogens with zero attached hydrogens (tertiary/aromatic N) is 2. The van der Waals surface area contributed by atoms with Crippen molar-refractivity contribution in [3.8, 4) is 0 Å². The van der Waals surface area contributed by atoms with Gasteiger partial charge in [-0.15, -0.1) is 0 Å². The van der Waals surface area contributed by atoms with Crippen LogP contribution in [0.3, 0.4) is 0 Å². The van der Waals surface area contributed by atoms with E-state index in [4.69, 9.17) is 0 Å². The number of hydrogen-bond donors (Lipinski definition) is 2. The minimum absolute atomic E-state index is 0.103. The molecule has 0 spiro atoms. The van der Waals surface area contributed by atoms with E-state index in [2.05, 4.69) is 10.3 Å². The summed E-state index contributed by atoms with van der Waals surface area (Å²) in [5.74, 6) is 0.191. The van der Waals surface area contributed by atoms with E-state index in [9.17, 15) is 9.90 Å². The van der Waals surface area contributed by atoms with Crippen LogP contribution in [0.2, 0.25) is 0 Å². The van der Waals surface area contributed by atoms with Crippen molar-refractivity contribution in [3.63, 3.8) is 0 Å². The lowest BCUT2D eigenvalue weighted by atomic mass is 9.86. The number of nitrogens with one attached hydrogen (secondary N) is 1. The fourth-order valence-corrected chi connectivity index (χ4v) is 3.45. The van der Waals surface area contributed by atoms with E-state index < -0.39 is 0 Å². The van der Waals surface area contributed by atoms with Gasteiger partial charge in [-0.2, -0.15) is 0 Å². The van der Waals surface area contributed by atoms with Gasteiger partial charge in [0.15, 0.2) is 0 Å². The Morgan fingerprint density at radius 3 is 2.92 bits per heavy atom. The van der Waals surface area contributed by atoms with Crippen LogP contribution in [-0.4, -0.2) is 40.7 Å². The molecule has 1 aliphatic rings. The van der Waals surface area contributed by atoms with Crippen LogP contribution >= 0.6 is 0 Å². The van der Waals surface area contributed by atoms with Gasteiger partial charge in [-0.05, 0) is 30.5 Å². The minimum atomic E-state index is -0.279. The first kappa shape index (κ1) is 16.7. The van der Waals surface area contributed by atoms with Crippen molar-refractivity contribution in [2.24, 2.45) is 5.92 Å². The van der Waals surface area contributed by atoms with Gasteiger partial charge in [0.1, 0.15) is 0 Å². The molecule has 0 unspecified atom stereocenters. The summed E-state index contributed by atoms with van der Waals surface area (Å²) in [4.78, 5) is 18.4. The molecular formula is C19H25N3O2. The standard InChI is InChI=1S/C19H25N3O2/c1-22(13-15-6-2-5-9-18(15)23)19(24)21-12-14-10-11-20-17-8-4-3-7-16(14)17/h3-4,7-8,10-11,15,18,23H,2,5-6,9,12-13H2,1H3,(H,21,24)/t15-,18-/m1/s1. The van der Waals surface area contributed by atoms with Gasteiger partial charge in [-0.25, -0.2) is 4.79 Å². The Balaban J connectivity index is 1.58. The van der Waals surface area contributed by atoms with Crippen LogP contribution in [-0.2, 0) is 6.54 Å². The van der Waals surface area contributed by atoms with Gasteiger partial charge in [-0.1, -0.05) is 31.0 Å². The van der Waals surface area contributed by atoms with Crippen molar-refractivity contribution >= 4 is 16.9 Å². The van der Waals surface area contributed by atoms with E-state index in [1.165, 1.54) is 0 Å². The molecule has 0 bridgehead atoms. The monoisotopic (exact) mass is 327 g/mol. The number of carbonyl (C=O) groups excluding carboxylic acids is 1. The van der Waals surface area contributed by atoms with Gasteiger partial charge in [0.05, 0.1) is 11.6 Å². The third kappa shape index (κ3) is 3.85. The zero-order chi connectivity index (χ0) is 16.9. The Kier molecular flexibility index (Phi) is 5.30. The summed E-state index contributed by atoms with van der Waals surface area (Å²) in [5.41, 5.74) is 1.99. The lowest BCUT2D eigenvalue weighted by molar-refractivity contribution is 0.0565. The third-order valence-corrected chi connectivity index (χ3v) is 4.89. The predicted octanol–water partition coefficient (Wildman–Crippen LogP) is 2.93. The molecule has 1 aliphatic carbocycles. The Labute approximate surface area is 142 Å². The summed E-state index contributed by atoms with van der Waals surface area (Å²) in [7, 11) is 1.79. The zero-order valence-electron chi connectivity index (χ0n) is 14.1. The lowest BCUT2D eigenvalue weighted by Crippen LogP contribution is -2.42. The Morgan fingerprint density at radius 2 is 2.08 bits per heavy atom. The van der Waals surface area contributed by atoms with Crippen LogP contribution < -0.4 is 5.32 Å². The van der Waals surface area contributed by atoms with Gasteiger partial charge >= 0.3 is 6.03 Å². The molecule has 1 aromatic carbocycles. The fourth-order valence-electron chi connectivity index (χ4n) is 3.45. The number of rotatable bonds is 4. The molecule has 2 aromatic rings. The number of para-hydroxylation sites is 1. The smallest absolute Gasteiger partial charge is 0.317 e. The van der Waals surface area contributed by atoms with Crippen LogP contribution in [0.25, 0.3) is 10.9 Å². The minimum Gasteiger partial charge on any atom is -0.393 e. The van der Waals surface area contributed by atoms with Gasteiger partial charge in [0.25, 0.3) is 0 Å². The number of amides is 2. The number of aliphatic hydroxyl groups is 1. The van der Waals surface area contributed by atoms with Crippen molar-refractivity contribution in [3.05, 3.63) is 42.1 Å². The van der Waals surface area contributed by atoms with Crippen molar-refractivity contribution in [2.75, 3.05) is 13.6 Å². The maximum atomic E-state index is 12.4. The molecule has 1 saturated carbocycles. The number of carbonyl (C=O) groups is 1. The number of hydrogen-bond acceptors (Lipinski definition) is 3. The second-order valence-corrected chi connectivity index (χ2v) is 6.64.